The summed E-state index contributed by atoms with van der Waals surface area (Å²) in [5.41, 5.74) is 4.80. The van der Waals surface area contributed by atoms with E-state index in [4.69, 9.17) is 4.74 Å². The fraction of sp³-hybridized carbons (Fsp3) is 0.278. The summed E-state index contributed by atoms with van der Waals surface area (Å²) in [7, 11) is 0. The van der Waals surface area contributed by atoms with E-state index in [2.05, 4.69) is 52.7 Å². The van der Waals surface area contributed by atoms with Crippen molar-refractivity contribution >= 4 is 33.3 Å². The minimum Gasteiger partial charge on any atom is -0.464 e. The van der Waals surface area contributed by atoms with Crippen molar-refractivity contribution in [2.75, 3.05) is 18.5 Å². The number of esters is 1. The van der Waals surface area contributed by atoms with Crippen LogP contribution in [0.5, 0.6) is 0 Å². The third-order valence-corrected chi connectivity index (χ3v) is 4.77. The van der Waals surface area contributed by atoms with E-state index in [9.17, 15) is 4.79 Å². The lowest BCUT2D eigenvalue weighted by atomic mass is 10.0. The predicted molar refractivity (Wildman–Crippen MR) is 97.4 cm³/mol. The highest BCUT2D eigenvalue weighted by atomic mass is 32.1. The summed E-state index contributed by atoms with van der Waals surface area (Å²) < 4.78 is 4.96. The van der Waals surface area contributed by atoms with Crippen molar-refractivity contribution in [2.45, 2.75) is 20.8 Å². The minimum absolute atomic E-state index is 0.281. The van der Waals surface area contributed by atoms with Crippen LogP contribution in [0.25, 0.3) is 21.3 Å². The van der Waals surface area contributed by atoms with Gasteiger partial charge >= 0.3 is 5.97 Å². The number of aromatic nitrogens is 2. The van der Waals surface area contributed by atoms with Gasteiger partial charge in [0.2, 0.25) is 0 Å². The SMILES string of the molecule is CC(=O)OCCNc1ncnc2scc(-c3ccc(C)c(C)c3)c12. The second-order valence-corrected chi connectivity index (χ2v) is 6.48. The molecule has 24 heavy (non-hydrogen) atoms. The average Bonchev–Trinajstić information content (AvgIpc) is 2.99. The number of aryl methyl sites for hydroxylation is 2. The van der Waals surface area contributed by atoms with Gasteiger partial charge in [0.1, 0.15) is 23.6 Å². The average molecular weight is 341 g/mol. The third-order valence-electron chi connectivity index (χ3n) is 3.89. The molecular formula is C18H19N3O2S. The topological polar surface area (TPSA) is 64.1 Å². The van der Waals surface area contributed by atoms with Gasteiger partial charge in [-0.1, -0.05) is 18.2 Å². The molecule has 0 aliphatic carbocycles. The van der Waals surface area contributed by atoms with Gasteiger partial charge in [0.15, 0.2) is 0 Å². The Bertz CT molecular complexity index is 889. The Kier molecular flexibility index (Phi) is 4.76. The van der Waals surface area contributed by atoms with Gasteiger partial charge in [0.25, 0.3) is 0 Å². The number of thiophene rings is 1. The molecule has 0 saturated carbocycles. The molecular weight excluding hydrogens is 322 g/mol. The quantitative estimate of drug-likeness (QED) is 0.562. The molecule has 6 heteroatoms. The number of hydrogen-bond donors (Lipinski definition) is 1. The number of fused-ring (bicyclic) bond motifs is 1. The Morgan fingerprint density at radius 3 is 2.83 bits per heavy atom. The summed E-state index contributed by atoms with van der Waals surface area (Å²) in [4.78, 5) is 20.5. The number of anilines is 1. The molecule has 0 amide bonds. The molecule has 2 heterocycles. The van der Waals surface area contributed by atoms with Gasteiger partial charge in [-0.25, -0.2) is 9.97 Å². The standard InChI is InChI=1S/C18H19N3O2S/c1-11-4-5-14(8-12(11)2)15-9-24-18-16(15)17(20-10-21-18)19-6-7-23-13(3)22/h4-5,8-10H,6-7H2,1-3H3,(H,19,20,21). The molecule has 0 aliphatic rings. The van der Waals surface area contributed by atoms with E-state index in [1.54, 1.807) is 17.7 Å². The van der Waals surface area contributed by atoms with Crippen molar-refractivity contribution in [3.8, 4) is 11.1 Å². The van der Waals surface area contributed by atoms with Gasteiger partial charge in [-0.15, -0.1) is 11.3 Å². The minimum atomic E-state index is -0.281. The van der Waals surface area contributed by atoms with E-state index >= 15 is 0 Å². The molecule has 0 bridgehead atoms. The molecule has 3 aromatic rings. The molecule has 2 aromatic heterocycles. The highest BCUT2D eigenvalue weighted by Gasteiger charge is 2.13. The Hall–Kier alpha value is -2.47. The summed E-state index contributed by atoms with van der Waals surface area (Å²) in [6.45, 7) is 6.44. The van der Waals surface area contributed by atoms with E-state index in [1.807, 2.05) is 0 Å². The zero-order valence-electron chi connectivity index (χ0n) is 13.9. The maximum Gasteiger partial charge on any atom is 0.302 e. The van der Waals surface area contributed by atoms with Crippen LogP contribution in [0.4, 0.5) is 5.82 Å². The van der Waals surface area contributed by atoms with Crippen LogP contribution in [0.2, 0.25) is 0 Å². The normalized spacial score (nSPS) is 10.8. The summed E-state index contributed by atoms with van der Waals surface area (Å²) in [5.74, 6) is 0.484. The lowest BCUT2D eigenvalue weighted by molar-refractivity contribution is -0.140. The maximum absolute atomic E-state index is 10.9. The first-order valence-corrected chi connectivity index (χ1v) is 8.61. The number of carbonyl (C=O) groups excluding carboxylic acids is 1. The number of rotatable bonds is 5. The monoisotopic (exact) mass is 341 g/mol. The molecule has 5 nitrogen and oxygen atoms in total. The van der Waals surface area contributed by atoms with Crippen LogP contribution < -0.4 is 5.32 Å². The van der Waals surface area contributed by atoms with Gasteiger partial charge in [-0.3, -0.25) is 4.79 Å². The first-order chi connectivity index (χ1) is 11.6. The van der Waals surface area contributed by atoms with E-state index in [0.29, 0.717) is 13.2 Å². The van der Waals surface area contributed by atoms with Gasteiger partial charge in [-0.05, 0) is 30.5 Å². The fourth-order valence-electron chi connectivity index (χ4n) is 2.49. The Balaban J connectivity index is 1.94. The molecule has 0 fully saturated rings. The van der Waals surface area contributed by atoms with E-state index in [-0.39, 0.29) is 5.97 Å². The number of nitrogens with zero attached hydrogens (tertiary/aromatic N) is 2. The van der Waals surface area contributed by atoms with Gasteiger partial charge in [-0.2, -0.15) is 0 Å². The Labute approximate surface area is 144 Å². The molecule has 0 radical (unpaired) electrons. The van der Waals surface area contributed by atoms with Crippen LogP contribution in [-0.2, 0) is 9.53 Å². The van der Waals surface area contributed by atoms with E-state index in [1.165, 1.54) is 18.1 Å². The summed E-state index contributed by atoms with van der Waals surface area (Å²) in [6.07, 6.45) is 1.55. The first kappa shape index (κ1) is 16.4. The largest absolute Gasteiger partial charge is 0.464 e. The van der Waals surface area contributed by atoms with Crippen molar-refractivity contribution < 1.29 is 9.53 Å². The third kappa shape index (κ3) is 3.38. The molecule has 3 rings (SSSR count). The zero-order chi connectivity index (χ0) is 17.1. The number of ether oxygens (including phenoxy) is 1. The molecule has 0 saturated heterocycles. The second-order valence-electron chi connectivity index (χ2n) is 5.62. The fourth-order valence-corrected chi connectivity index (χ4v) is 3.41. The maximum atomic E-state index is 10.9. The van der Waals surface area contributed by atoms with Gasteiger partial charge in [0.05, 0.1) is 11.9 Å². The molecule has 1 N–H and O–H groups in total. The van der Waals surface area contributed by atoms with Crippen LogP contribution in [-0.4, -0.2) is 29.1 Å². The summed E-state index contributed by atoms with van der Waals surface area (Å²) in [5, 5.41) is 6.36. The van der Waals surface area contributed by atoms with E-state index < -0.39 is 0 Å². The lowest BCUT2D eigenvalue weighted by Gasteiger charge is -2.09. The number of carbonyl (C=O) groups is 1. The smallest absolute Gasteiger partial charge is 0.302 e. The van der Waals surface area contributed by atoms with Crippen molar-refractivity contribution in [1.29, 1.82) is 0 Å². The zero-order valence-corrected chi connectivity index (χ0v) is 14.7. The Morgan fingerprint density at radius 1 is 1.25 bits per heavy atom. The van der Waals surface area contributed by atoms with Crippen molar-refractivity contribution in [2.24, 2.45) is 0 Å². The van der Waals surface area contributed by atoms with Crippen molar-refractivity contribution in [3.63, 3.8) is 0 Å². The van der Waals surface area contributed by atoms with Crippen molar-refractivity contribution in [1.82, 2.24) is 9.97 Å². The van der Waals surface area contributed by atoms with Crippen LogP contribution in [0, 0.1) is 13.8 Å². The lowest BCUT2D eigenvalue weighted by Crippen LogP contribution is -2.12. The highest BCUT2D eigenvalue weighted by molar-refractivity contribution is 7.17. The number of hydrogen-bond acceptors (Lipinski definition) is 6. The molecule has 0 spiro atoms. The Morgan fingerprint density at radius 2 is 2.08 bits per heavy atom. The van der Waals surface area contributed by atoms with Crippen LogP contribution in [0.3, 0.4) is 0 Å². The molecule has 0 aliphatic heterocycles. The highest BCUT2D eigenvalue weighted by Crippen LogP contribution is 2.36. The molecule has 1 aromatic carbocycles. The molecule has 124 valence electrons. The first-order valence-electron chi connectivity index (χ1n) is 7.73. The second kappa shape index (κ2) is 6.97. The van der Waals surface area contributed by atoms with Crippen LogP contribution in [0.15, 0.2) is 29.9 Å². The number of benzene rings is 1. The van der Waals surface area contributed by atoms with E-state index in [0.717, 1.165) is 27.2 Å². The van der Waals surface area contributed by atoms with Crippen LogP contribution in [0.1, 0.15) is 18.1 Å². The van der Waals surface area contributed by atoms with Gasteiger partial charge < -0.3 is 10.1 Å². The van der Waals surface area contributed by atoms with Crippen molar-refractivity contribution in [3.05, 3.63) is 41.0 Å². The van der Waals surface area contributed by atoms with Gasteiger partial charge in [0, 0.05) is 17.9 Å². The summed E-state index contributed by atoms with van der Waals surface area (Å²) in [6, 6.07) is 6.44. The molecule has 0 unspecified atom stereocenters. The molecule has 0 atom stereocenters. The summed E-state index contributed by atoms with van der Waals surface area (Å²) >= 11 is 1.60. The predicted octanol–water partition coefficient (Wildman–Crippen LogP) is 3.95. The number of nitrogens with one attached hydrogen (secondary N) is 1. The van der Waals surface area contributed by atoms with Crippen LogP contribution >= 0.6 is 11.3 Å².